The highest BCUT2D eigenvalue weighted by Crippen LogP contribution is 2.24. The van der Waals surface area contributed by atoms with E-state index in [9.17, 15) is 0 Å². The van der Waals surface area contributed by atoms with E-state index in [1.807, 2.05) is 23.1 Å². The van der Waals surface area contributed by atoms with E-state index in [0.717, 1.165) is 19.0 Å². The van der Waals surface area contributed by atoms with Gasteiger partial charge >= 0.3 is 0 Å². The average molecular weight is 193 g/mol. The maximum atomic E-state index is 4.17. The van der Waals surface area contributed by atoms with Gasteiger partial charge in [0, 0.05) is 18.9 Å². The molecule has 14 heavy (non-hydrogen) atoms. The van der Waals surface area contributed by atoms with Crippen molar-refractivity contribution in [2.24, 2.45) is 5.92 Å². The van der Waals surface area contributed by atoms with Crippen LogP contribution >= 0.6 is 0 Å². The van der Waals surface area contributed by atoms with Gasteiger partial charge in [0.25, 0.3) is 0 Å². The molecule has 3 nitrogen and oxygen atoms in total. The molecule has 0 radical (unpaired) electrons. The van der Waals surface area contributed by atoms with E-state index < -0.39 is 0 Å². The van der Waals surface area contributed by atoms with Gasteiger partial charge in [0.05, 0.1) is 0 Å². The van der Waals surface area contributed by atoms with Gasteiger partial charge in [-0.3, -0.25) is 4.68 Å². The average Bonchev–Trinajstić information content (AvgIpc) is 2.60. The molecule has 1 aliphatic carbocycles. The highest BCUT2D eigenvalue weighted by atomic mass is 15.3. The predicted octanol–water partition coefficient (Wildman–Crippen LogP) is 1.66. The number of aryl methyl sites for hydroxylation is 1. The van der Waals surface area contributed by atoms with Crippen molar-refractivity contribution in [1.82, 2.24) is 15.1 Å². The minimum atomic E-state index is 0.972. The van der Waals surface area contributed by atoms with Crippen molar-refractivity contribution in [2.75, 3.05) is 13.1 Å². The Morgan fingerprint density at radius 1 is 1.43 bits per heavy atom. The largest absolute Gasteiger partial charge is 0.316 e. The summed E-state index contributed by atoms with van der Waals surface area (Å²) in [5.41, 5.74) is 0. The smallest absolute Gasteiger partial charge is 0.0489 e. The Labute approximate surface area is 85.5 Å². The highest BCUT2D eigenvalue weighted by Gasteiger charge is 2.15. The van der Waals surface area contributed by atoms with Crippen LogP contribution in [0.25, 0.3) is 0 Å². The molecule has 0 saturated heterocycles. The van der Waals surface area contributed by atoms with Crippen LogP contribution in [0.2, 0.25) is 0 Å². The van der Waals surface area contributed by atoms with Crippen molar-refractivity contribution in [3.63, 3.8) is 0 Å². The van der Waals surface area contributed by atoms with Gasteiger partial charge in [0.15, 0.2) is 0 Å². The zero-order chi connectivity index (χ0) is 9.64. The van der Waals surface area contributed by atoms with Gasteiger partial charge < -0.3 is 5.32 Å². The van der Waals surface area contributed by atoms with Crippen LogP contribution in [0, 0.1) is 5.92 Å². The van der Waals surface area contributed by atoms with Crippen LogP contribution in [-0.2, 0) is 6.54 Å². The Morgan fingerprint density at radius 2 is 2.36 bits per heavy atom. The van der Waals surface area contributed by atoms with E-state index >= 15 is 0 Å². The summed E-state index contributed by atoms with van der Waals surface area (Å²) in [5, 5.41) is 7.67. The maximum Gasteiger partial charge on any atom is 0.0489 e. The third kappa shape index (κ3) is 2.84. The molecule has 1 heterocycles. The minimum Gasteiger partial charge on any atom is -0.316 e. The molecular formula is C11H19N3. The minimum absolute atomic E-state index is 0.972. The molecule has 1 aromatic rings. The molecule has 1 fully saturated rings. The zero-order valence-corrected chi connectivity index (χ0v) is 8.65. The molecule has 0 aromatic carbocycles. The van der Waals surface area contributed by atoms with E-state index in [1.54, 1.807) is 0 Å². The van der Waals surface area contributed by atoms with Gasteiger partial charge in [-0.25, -0.2) is 0 Å². The van der Waals surface area contributed by atoms with Crippen LogP contribution in [0.5, 0.6) is 0 Å². The number of rotatable bonds is 6. The standard InChI is InChI=1S/C11H19N3/c1-4-11(5-1)10-12-6-2-8-14-9-3-7-13-14/h3,7,9,11-12H,1-2,4-6,8,10H2. The van der Waals surface area contributed by atoms with Crippen LogP contribution in [0.3, 0.4) is 0 Å². The molecule has 0 unspecified atom stereocenters. The lowest BCUT2D eigenvalue weighted by atomic mass is 9.85. The first-order valence-electron chi connectivity index (χ1n) is 5.63. The molecule has 2 rings (SSSR count). The van der Waals surface area contributed by atoms with E-state index in [2.05, 4.69) is 10.4 Å². The molecule has 3 heteroatoms. The van der Waals surface area contributed by atoms with Gasteiger partial charge in [0.1, 0.15) is 0 Å². The van der Waals surface area contributed by atoms with Crippen LogP contribution < -0.4 is 5.32 Å². The van der Waals surface area contributed by atoms with Gasteiger partial charge in [-0.05, 0) is 44.3 Å². The third-order valence-electron chi connectivity index (χ3n) is 2.96. The fourth-order valence-corrected chi connectivity index (χ4v) is 1.80. The van der Waals surface area contributed by atoms with Crippen molar-refractivity contribution >= 4 is 0 Å². The quantitative estimate of drug-likeness (QED) is 0.696. The first kappa shape index (κ1) is 9.71. The second-order valence-corrected chi connectivity index (χ2v) is 4.12. The Kier molecular flexibility index (Phi) is 3.57. The molecule has 0 aliphatic heterocycles. The molecule has 1 aliphatic rings. The Morgan fingerprint density at radius 3 is 3.00 bits per heavy atom. The number of nitrogens with one attached hydrogen (secondary N) is 1. The summed E-state index contributed by atoms with van der Waals surface area (Å²) >= 11 is 0. The van der Waals surface area contributed by atoms with Crippen LogP contribution in [0.1, 0.15) is 25.7 Å². The summed E-state index contributed by atoms with van der Waals surface area (Å²) in [6.07, 6.45) is 9.35. The molecule has 0 atom stereocenters. The van der Waals surface area contributed by atoms with Gasteiger partial charge in [-0.1, -0.05) is 6.42 Å². The van der Waals surface area contributed by atoms with E-state index in [-0.39, 0.29) is 0 Å². The van der Waals surface area contributed by atoms with Gasteiger partial charge in [0.2, 0.25) is 0 Å². The van der Waals surface area contributed by atoms with Gasteiger partial charge in [-0.2, -0.15) is 5.10 Å². The summed E-state index contributed by atoms with van der Waals surface area (Å²) in [6, 6.07) is 1.97. The van der Waals surface area contributed by atoms with Crippen molar-refractivity contribution in [3.8, 4) is 0 Å². The molecular weight excluding hydrogens is 174 g/mol. The zero-order valence-electron chi connectivity index (χ0n) is 8.65. The lowest BCUT2D eigenvalue weighted by Gasteiger charge is -2.25. The summed E-state index contributed by atoms with van der Waals surface area (Å²) in [6.45, 7) is 3.38. The Bertz CT molecular complexity index is 239. The fraction of sp³-hybridized carbons (Fsp3) is 0.727. The lowest BCUT2D eigenvalue weighted by molar-refractivity contribution is 0.300. The lowest BCUT2D eigenvalue weighted by Crippen LogP contribution is -2.28. The molecule has 0 spiro atoms. The topological polar surface area (TPSA) is 29.9 Å². The number of nitrogens with zero attached hydrogens (tertiary/aromatic N) is 2. The number of hydrogen-bond donors (Lipinski definition) is 1. The Balaban J connectivity index is 1.47. The van der Waals surface area contributed by atoms with E-state index in [1.165, 1.54) is 32.2 Å². The maximum absolute atomic E-state index is 4.17. The second kappa shape index (κ2) is 5.15. The third-order valence-corrected chi connectivity index (χ3v) is 2.96. The molecule has 1 aromatic heterocycles. The van der Waals surface area contributed by atoms with Crippen molar-refractivity contribution in [2.45, 2.75) is 32.2 Å². The molecule has 78 valence electrons. The van der Waals surface area contributed by atoms with Crippen LogP contribution in [0.15, 0.2) is 18.5 Å². The van der Waals surface area contributed by atoms with Crippen LogP contribution in [0.4, 0.5) is 0 Å². The second-order valence-electron chi connectivity index (χ2n) is 4.12. The first-order chi connectivity index (χ1) is 6.95. The highest BCUT2D eigenvalue weighted by molar-refractivity contribution is 4.77. The monoisotopic (exact) mass is 193 g/mol. The summed E-state index contributed by atoms with van der Waals surface area (Å²) in [5.74, 6) is 0.972. The fourth-order valence-electron chi connectivity index (χ4n) is 1.80. The summed E-state index contributed by atoms with van der Waals surface area (Å²) in [7, 11) is 0. The normalized spacial score (nSPS) is 16.9. The molecule has 0 amide bonds. The molecule has 1 saturated carbocycles. The molecule has 1 N–H and O–H groups in total. The SMILES string of the molecule is c1cnn(CCCNCC2CCC2)c1. The molecule has 0 bridgehead atoms. The van der Waals surface area contributed by atoms with Crippen molar-refractivity contribution in [3.05, 3.63) is 18.5 Å². The van der Waals surface area contributed by atoms with Crippen LogP contribution in [-0.4, -0.2) is 22.9 Å². The van der Waals surface area contributed by atoms with Gasteiger partial charge in [-0.15, -0.1) is 0 Å². The first-order valence-corrected chi connectivity index (χ1v) is 5.63. The van der Waals surface area contributed by atoms with E-state index in [0.29, 0.717) is 0 Å². The van der Waals surface area contributed by atoms with Crippen molar-refractivity contribution < 1.29 is 0 Å². The summed E-state index contributed by atoms with van der Waals surface area (Å²) in [4.78, 5) is 0. The Hall–Kier alpha value is -0.830. The van der Waals surface area contributed by atoms with Crippen molar-refractivity contribution in [1.29, 1.82) is 0 Å². The van der Waals surface area contributed by atoms with E-state index in [4.69, 9.17) is 0 Å². The number of aromatic nitrogens is 2. The summed E-state index contributed by atoms with van der Waals surface area (Å²) < 4.78 is 1.99. The predicted molar refractivity (Wildman–Crippen MR) is 57.1 cm³/mol. The number of hydrogen-bond acceptors (Lipinski definition) is 2.